The summed E-state index contributed by atoms with van der Waals surface area (Å²) in [6.45, 7) is 5.85. The molecule has 0 aliphatic carbocycles. The second kappa shape index (κ2) is 14.1. The summed E-state index contributed by atoms with van der Waals surface area (Å²) in [7, 11) is 2.72. The molecule has 0 amide bonds. The fraction of sp³-hybridized carbons (Fsp3) is 0.731. The molecule has 0 N–H and O–H groups in total. The number of esters is 5. The summed E-state index contributed by atoms with van der Waals surface area (Å²) in [5, 5.41) is 0. The standard InChI is InChI=1S/C26H36O15/c1-11-20-16(8-19(32-6)36-11)17(24(31)33-7)9-35-25(20)41-26-23(39-15(5)30)22(38-14(4)29)21(37-13(3)28)18(40-26)10-34-12(2)27/h9,11,16,18-23,25-26H,8,10H2,1-7H3/t11-,16+,18+,19-,20+,21+,22-,23+,25-,26-/m0/s1. The van der Waals surface area contributed by atoms with Crippen molar-refractivity contribution in [3.63, 3.8) is 0 Å². The fourth-order valence-electron chi connectivity index (χ4n) is 5.16. The van der Waals surface area contributed by atoms with Gasteiger partial charge in [-0.2, -0.15) is 0 Å². The summed E-state index contributed by atoms with van der Waals surface area (Å²) in [5.74, 6) is -4.67. The molecule has 15 nitrogen and oxygen atoms in total. The quantitative estimate of drug-likeness (QED) is 0.269. The van der Waals surface area contributed by atoms with Gasteiger partial charge in [-0.05, 0) is 6.92 Å². The number of hydrogen-bond acceptors (Lipinski definition) is 15. The van der Waals surface area contributed by atoms with E-state index in [2.05, 4.69) is 0 Å². The predicted molar refractivity (Wildman–Crippen MR) is 131 cm³/mol. The van der Waals surface area contributed by atoms with E-state index in [0.29, 0.717) is 0 Å². The second-order valence-corrected chi connectivity index (χ2v) is 9.70. The van der Waals surface area contributed by atoms with Gasteiger partial charge in [0.2, 0.25) is 12.6 Å². The van der Waals surface area contributed by atoms with Gasteiger partial charge in [-0.15, -0.1) is 0 Å². The first-order chi connectivity index (χ1) is 19.4. The molecule has 15 heteroatoms. The zero-order valence-electron chi connectivity index (χ0n) is 23.9. The third kappa shape index (κ3) is 7.93. The number of carbonyl (C=O) groups excluding carboxylic acids is 5. The fourth-order valence-corrected chi connectivity index (χ4v) is 5.16. The lowest BCUT2D eigenvalue weighted by molar-refractivity contribution is -0.354. The van der Waals surface area contributed by atoms with Crippen LogP contribution in [0.2, 0.25) is 0 Å². The molecule has 0 unspecified atom stereocenters. The van der Waals surface area contributed by atoms with Crippen LogP contribution in [0.5, 0.6) is 0 Å². The summed E-state index contributed by atoms with van der Waals surface area (Å²) in [6, 6.07) is 0. The van der Waals surface area contributed by atoms with Crippen molar-refractivity contribution in [1.29, 1.82) is 0 Å². The highest BCUT2D eigenvalue weighted by atomic mass is 16.8. The van der Waals surface area contributed by atoms with Crippen LogP contribution in [0.3, 0.4) is 0 Å². The summed E-state index contributed by atoms with van der Waals surface area (Å²) >= 11 is 0. The third-order valence-corrected chi connectivity index (χ3v) is 6.76. The molecule has 230 valence electrons. The third-order valence-electron chi connectivity index (χ3n) is 6.76. The molecule has 0 radical (unpaired) electrons. The highest BCUT2D eigenvalue weighted by Gasteiger charge is 2.56. The Hall–Kier alpha value is -3.27. The lowest BCUT2D eigenvalue weighted by Crippen LogP contribution is -2.64. The average Bonchev–Trinajstić information content (AvgIpc) is 2.89. The molecule has 0 aromatic heterocycles. The Morgan fingerprint density at radius 3 is 2.00 bits per heavy atom. The Kier molecular flexibility index (Phi) is 11.1. The molecule has 2 fully saturated rings. The van der Waals surface area contributed by atoms with E-state index in [1.807, 2.05) is 0 Å². The van der Waals surface area contributed by atoms with Crippen molar-refractivity contribution in [1.82, 2.24) is 0 Å². The summed E-state index contributed by atoms with van der Waals surface area (Å²) in [4.78, 5) is 60.3. The lowest BCUT2D eigenvalue weighted by Gasteiger charge is -2.48. The van der Waals surface area contributed by atoms with Crippen molar-refractivity contribution in [3.05, 3.63) is 11.8 Å². The van der Waals surface area contributed by atoms with Gasteiger partial charge >= 0.3 is 29.8 Å². The maximum absolute atomic E-state index is 12.5. The smallest absolute Gasteiger partial charge is 0.337 e. The number of hydrogen-bond donors (Lipinski definition) is 0. The first-order valence-corrected chi connectivity index (χ1v) is 12.9. The minimum Gasteiger partial charge on any atom is -0.471 e. The first kappa shape index (κ1) is 32.2. The van der Waals surface area contributed by atoms with E-state index in [9.17, 15) is 24.0 Å². The SMILES string of the molecule is COC(=O)C1=CO[C@@H](O[C@@H]2O[C@H](COC(C)=O)[C@@H](OC(C)=O)[C@H](OC(C)=O)[C@H]2OC(C)=O)[C@@H]2[C@H](C)O[C@H](OC)C[C@H]12. The van der Waals surface area contributed by atoms with Crippen LogP contribution in [0.1, 0.15) is 41.0 Å². The van der Waals surface area contributed by atoms with E-state index in [4.69, 9.17) is 47.4 Å². The minimum absolute atomic E-state index is 0.246. The first-order valence-electron chi connectivity index (χ1n) is 12.9. The van der Waals surface area contributed by atoms with E-state index in [-0.39, 0.29) is 12.0 Å². The number of methoxy groups -OCH3 is 2. The molecule has 41 heavy (non-hydrogen) atoms. The molecule has 3 heterocycles. The zero-order valence-corrected chi connectivity index (χ0v) is 23.9. The molecule has 0 spiro atoms. The number of rotatable bonds is 9. The normalized spacial score (nSPS) is 34.6. The van der Waals surface area contributed by atoms with Gasteiger partial charge in [-0.3, -0.25) is 19.2 Å². The van der Waals surface area contributed by atoms with Gasteiger partial charge in [0.15, 0.2) is 24.6 Å². The van der Waals surface area contributed by atoms with Crippen LogP contribution in [-0.2, 0) is 71.3 Å². The van der Waals surface area contributed by atoms with Crippen LogP contribution < -0.4 is 0 Å². The Balaban J connectivity index is 2.00. The Bertz CT molecular complexity index is 1020. The molecular formula is C26H36O15. The van der Waals surface area contributed by atoms with Gasteiger partial charge in [0.05, 0.1) is 31.0 Å². The van der Waals surface area contributed by atoms with E-state index < -0.39 is 97.7 Å². The Morgan fingerprint density at radius 1 is 0.829 bits per heavy atom. The maximum Gasteiger partial charge on any atom is 0.337 e. The molecule has 0 aromatic rings. The van der Waals surface area contributed by atoms with Crippen molar-refractivity contribution < 1.29 is 71.3 Å². The molecule has 0 aromatic carbocycles. The molecule has 2 saturated heterocycles. The van der Waals surface area contributed by atoms with Crippen LogP contribution in [0.15, 0.2) is 11.8 Å². The second-order valence-electron chi connectivity index (χ2n) is 9.70. The highest BCUT2D eigenvalue weighted by Crippen LogP contribution is 2.43. The van der Waals surface area contributed by atoms with Gasteiger partial charge in [0.1, 0.15) is 12.7 Å². The molecule has 3 rings (SSSR count). The summed E-state index contributed by atoms with van der Waals surface area (Å²) in [5.41, 5.74) is 0.246. The van der Waals surface area contributed by atoms with Crippen LogP contribution in [-0.4, -0.2) is 100 Å². The van der Waals surface area contributed by atoms with E-state index in [0.717, 1.165) is 20.8 Å². The van der Waals surface area contributed by atoms with Gasteiger partial charge in [0.25, 0.3) is 0 Å². The highest BCUT2D eigenvalue weighted by molar-refractivity contribution is 5.89. The van der Waals surface area contributed by atoms with Crippen molar-refractivity contribution in [3.8, 4) is 0 Å². The van der Waals surface area contributed by atoms with Gasteiger partial charge < -0.3 is 47.4 Å². The van der Waals surface area contributed by atoms with E-state index in [1.165, 1.54) is 27.4 Å². The van der Waals surface area contributed by atoms with Crippen LogP contribution >= 0.6 is 0 Å². The Labute approximate surface area is 236 Å². The largest absolute Gasteiger partial charge is 0.471 e. The van der Waals surface area contributed by atoms with Crippen LogP contribution in [0, 0.1) is 11.8 Å². The van der Waals surface area contributed by atoms with E-state index >= 15 is 0 Å². The zero-order chi connectivity index (χ0) is 30.4. The minimum atomic E-state index is -1.48. The molecule has 10 atom stereocenters. The number of fused-ring (bicyclic) bond motifs is 1. The predicted octanol–water partition coefficient (Wildman–Crippen LogP) is 0.513. The maximum atomic E-state index is 12.5. The molecule has 0 saturated carbocycles. The molecule has 0 bridgehead atoms. The molecule has 3 aliphatic heterocycles. The topological polar surface area (TPSA) is 178 Å². The molecule has 3 aliphatic rings. The summed E-state index contributed by atoms with van der Waals surface area (Å²) < 4.78 is 55.6. The van der Waals surface area contributed by atoms with Crippen molar-refractivity contribution in [2.75, 3.05) is 20.8 Å². The van der Waals surface area contributed by atoms with Crippen molar-refractivity contribution in [2.45, 2.75) is 90.4 Å². The van der Waals surface area contributed by atoms with Gasteiger partial charge in [0, 0.05) is 47.1 Å². The van der Waals surface area contributed by atoms with Crippen molar-refractivity contribution >= 4 is 29.8 Å². The van der Waals surface area contributed by atoms with Gasteiger partial charge in [-0.1, -0.05) is 0 Å². The van der Waals surface area contributed by atoms with Gasteiger partial charge in [-0.25, -0.2) is 4.79 Å². The number of ether oxygens (including phenoxy) is 10. The lowest BCUT2D eigenvalue weighted by atomic mass is 9.77. The van der Waals surface area contributed by atoms with Crippen LogP contribution in [0.25, 0.3) is 0 Å². The number of carbonyl (C=O) groups is 5. The van der Waals surface area contributed by atoms with Crippen LogP contribution in [0.4, 0.5) is 0 Å². The average molecular weight is 589 g/mol. The van der Waals surface area contributed by atoms with Crippen molar-refractivity contribution in [2.24, 2.45) is 11.8 Å². The summed E-state index contributed by atoms with van der Waals surface area (Å²) in [6.07, 6.45) is -7.74. The monoisotopic (exact) mass is 588 g/mol. The molecular weight excluding hydrogens is 552 g/mol. The van der Waals surface area contributed by atoms with E-state index in [1.54, 1.807) is 6.92 Å². The Morgan fingerprint density at radius 2 is 1.44 bits per heavy atom.